The predicted octanol–water partition coefficient (Wildman–Crippen LogP) is 4.80. The number of hydrogen-bond acceptors (Lipinski definition) is 3. The average Bonchev–Trinajstić information content (AvgIpc) is 2.55. The monoisotopic (exact) mass is 267 g/mol. The van der Waals surface area contributed by atoms with Gasteiger partial charge < -0.3 is 0 Å². The minimum atomic E-state index is 1.18. The van der Waals surface area contributed by atoms with Gasteiger partial charge in [-0.05, 0) is 0 Å². The molecule has 0 unspecified atom stereocenters. The standard InChI is InChI=1S/2C4H6.3C3H3N/c2*1-3-4-2;3*1-2-3-4/h2*3-4H,1-2H2;3*2H,1H2. The topological polar surface area (TPSA) is 71.4 Å². The first kappa shape index (κ1) is 30.0. The van der Waals surface area contributed by atoms with Crippen LogP contribution in [0.25, 0.3) is 0 Å². The van der Waals surface area contributed by atoms with Crippen LogP contribution in [-0.2, 0) is 0 Å². The molecule has 0 amide bonds. The van der Waals surface area contributed by atoms with Crippen molar-refractivity contribution in [2.75, 3.05) is 0 Å². The Morgan fingerprint density at radius 2 is 0.550 bits per heavy atom. The lowest BCUT2D eigenvalue weighted by Crippen LogP contribution is -1.23. The van der Waals surface area contributed by atoms with Gasteiger partial charge in [0.15, 0.2) is 0 Å². The molecule has 0 aliphatic carbocycles. The third kappa shape index (κ3) is 1000. The van der Waals surface area contributed by atoms with Crippen molar-refractivity contribution in [3.63, 3.8) is 0 Å². The third-order valence-corrected chi connectivity index (χ3v) is 0.607. The Kier molecular flexibility index (Phi) is 114. The molecular weight excluding hydrogens is 246 g/mol. The first-order chi connectivity index (χ1) is 9.57. The van der Waals surface area contributed by atoms with Crippen molar-refractivity contribution >= 4 is 0 Å². The second-order valence-electron chi connectivity index (χ2n) is 1.94. The molecule has 0 aromatic heterocycles. The highest BCUT2D eigenvalue weighted by Crippen LogP contribution is 1.53. The molecule has 0 spiro atoms. The maximum Gasteiger partial charge on any atom is 0.0905 e. The summed E-state index contributed by atoms with van der Waals surface area (Å²) in [6.07, 6.45) is 10.1. The van der Waals surface area contributed by atoms with Gasteiger partial charge in [0.1, 0.15) is 0 Å². The van der Waals surface area contributed by atoms with Gasteiger partial charge in [0.05, 0.1) is 18.2 Å². The van der Waals surface area contributed by atoms with E-state index in [0.29, 0.717) is 0 Å². The molecule has 0 fully saturated rings. The Balaban J connectivity index is -0.0000000469. The van der Waals surface area contributed by atoms with Crippen LogP contribution in [0.1, 0.15) is 0 Å². The molecule has 0 heterocycles. The van der Waals surface area contributed by atoms with E-state index in [0.717, 1.165) is 0 Å². The maximum absolute atomic E-state index is 7.51. The zero-order chi connectivity index (χ0) is 17.1. The van der Waals surface area contributed by atoms with Crippen LogP contribution in [0.4, 0.5) is 0 Å². The lowest BCUT2D eigenvalue weighted by molar-refractivity contribution is 1.54. The Morgan fingerprint density at radius 1 is 0.450 bits per heavy atom. The largest absolute Gasteiger partial charge is 0.193 e. The van der Waals surface area contributed by atoms with Gasteiger partial charge in [-0.3, -0.25) is 0 Å². The van der Waals surface area contributed by atoms with E-state index in [2.05, 4.69) is 46.1 Å². The van der Waals surface area contributed by atoms with Gasteiger partial charge >= 0.3 is 0 Å². The molecule has 0 N–H and O–H groups in total. The van der Waals surface area contributed by atoms with Crippen LogP contribution in [0, 0.1) is 34.0 Å². The van der Waals surface area contributed by atoms with Gasteiger partial charge in [-0.25, -0.2) is 0 Å². The smallest absolute Gasteiger partial charge is 0.0905 e. The minimum Gasteiger partial charge on any atom is -0.193 e. The maximum atomic E-state index is 7.51. The van der Waals surface area contributed by atoms with E-state index in [1.165, 1.54) is 18.2 Å². The zero-order valence-electron chi connectivity index (χ0n) is 11.8. The molecule has 0 aliphatic rings. The fourth-order valence-corrected chi connectivity index (χ4v) is 0. The van der Waals surface area contributed by atoms with Crippen molar-refractivity contribution in [1.82, 2.24) is 0 Å². The van der Waals surface area contributed by atoms with E-state index in [-0.39, 0.29) is 0 Å². The normalized spacial score (nSPS) is 4.25. The molecule has 0 saturated carbocycles. The summed E-state index contributed by atoms with van der Waals surface area (Å²) in [5.74, 6) is 0. The van der Waals surface area contributed by atoms with Gasteiger partial charge in [0, 0.05) is 18.2 Å². The van der Waals surface area contributed by atoms with E-state index in [4.69, 9.17) is 15.8 Å². The van der Waals surface area contributed by atoms with Crippen molar-refractivity contribution in [2.45, 2.75) is 0 Å². The second-order valence-corrected chi connectivity index (χ2v) is 1.94. The van der Waals surface area contributed by atoms with E-state index >= 15 is 0 Å². The van der Waals surface area contributed by atoms with Crippen LogP contribution >= 0.6 is 0 Å². The lowest BCUT2D eigenvalue weighted by atomic mass is 10.6. The molecule has 0 aromatic rings. The highest BCUT2D eigenvalue weighted by molar-refractivity contribution is 4.94. The van der Waals surface area contributed by atoms with E-state index in [1.807, 2.05) is 0 Å². The van der Waals surface area contributed by atoms with Gasteiger partial charge in [0.25, 0.3) is 0 Å². The molecular formula is C17H21N3. The van der Waals surface area contributed by atoms with Crippen molar-refractivity contribution < 1.29 is 0 Å². The van der Waals surface area contributed by atoms with Crippen LogP contribution in [0.2, 0.25) is 0 Å². The van der Waals surface area contributed by atoms with Crippen LogP contribution < -0.4 is 0 Å². The lowest BCUT2D eigenvalue weighted by Gasteiger charge is -1.44. The molecule has 0 aromatic carbocycles. The number of nitrogens with zero attached hydrogens (tertiary/aromatic N) is 3. The van der Waals surface area contributed by atoms with E-state index in [1.54, 1.807) is 42.5 Å². The molecule has 104 valence electrons. The summed E-state index contributed by atoms with van der Waals surface area (Å²) in [5.41, 5.74) is 0. The Bertz CT molecular complexity index is 315. The van der Waals surface area contributed by atoms with E-state index < -0.39 is 0 Å². The van der Waals surface area contributed by atoms with Crippen LogP contribution in [-0.4, -0.2) is 0 Å². The first-order valence-electron chi connectivity index (χ1n) is 5.06. The molecule has 3 heteroatoms. The molecule has 0 aliphatic heterocycles. The highest BCUT2D eigenvalue weighted by atomic mass is 14.2. The Morgan fingerprint density at radius 3 is 0.550 bits per heavy atom. The van der Waals surface area contributed by atoms with Gasteiger partial charge in [-0.1, -0.05) is 70.4 Å². The minimum absolute atomic E-state index is 1.18. The van der Waals surface area contributed by atoms with Crippen LogP contribution in [0.5, 0.6) is 0 Å². The summed E-state index contributed by atoms with van der Waals surface area (Å²) in [5, 5.41) is 22.5. The number of hydrogen-bond donors (Lipinski definition) is 0. The molecule has 0 bridgehead atoms. The number of nitriles is 3. The molecule has 0 radical (unpaired) electrons. The van der Waals surface area contributed by atoms with Gasteiger partial charge in [-0.15, -0.1) is 0 Å². The summed E-state index contributed by atoms with van der Waals surface area (Å²) in [6, 6.07) is 5.08. The Labute approximate surface area is 123 Å². The van der Waals surface area contributed by atoms with Crippen molar-refractivity contribution in [3.8, 4) is 18.2 Å². The number of allylic oxidation sites excluding steroid dienone is 7. The summed E-state index contributed by atoms with van der Waals surface area (Å²) in [4.78, 5) is 0. The number of rotatable bonds is 2. The molecule has 0 atom stereocenters. The molecule has 0 rings (SSSR count). The summed E-state index contributed by atoms with van der Waals surface area (Å²) < 4.78 is 0. The van der Waals surface area contributed by atoms with Crippen molar-refractivity contribution in [1.29, 1.82) is 15.8 Å². The summed E-state index contributed by atoms with van der Waals surface area (Å²) >= 11 is 0. The van der Waals surface area contributed by atoms with Gasteiger partial charge in [0.2, 0.25) is 0 Å². The molecule has 0 saturated heterocycles. The average molecular weight is 267 g/mol. The summed E-state index contributed by atoms with van der Waals surface area (Å²) in [7, 11) is 0. The van der Waals surface area contributed by atoms with Crippen molar-refractivity contribution in [2.24, 2.45) is 0 Å². The molecule has 3 nitrogen and oxygen atoms in total. The van der Waals surface area contributed by atoms with E-state index in [9.17, 15) is 0 Å². The van der Waals surface area contributed by atoms with Gasteiger partial charge in [-0.2, -0.15) is 15.8 Å². The fraction of sp³-hybridized carbons (Fsp3) is 0. The molecule has 20 heavy (non-hydrogen) atoms. The van der Waals surface area contributed by atoms with Crippen LogP contribution in [0.15, 0.2) is 88.6 Å². The van der Waals surface area contributed by atoms with Crippen molar-refractivity contribution in [3.05, 3.63) is 88.6 Å². The Hall–Kier alpha value is -3.35. The predicted molar refractivity (Wildman–Crippen MR) is 88.2 cm³/mol. The fourth-order valence-electron chi connectivity index (χ4n) is 0. The second kappa shape index (κ2) is 76.0. The first-order valence-corrected chi connectivity index (χ1v) is 5.06. The zero-order valence-corrected chi connectivity index (χ0v) is 11.8. The highest BCUT2D eigenvalue weighted by Gasteiger charge is 1.34. The quantitative estimate of drug-likeness (QED) is 0.532. The third-order valence-electron chi connectivity index (χ3n) is 0.607. The van der Waals surface area contributed by atoms with Crippen LogP contribution in [0.3, 0.4) is 0 Å². The summed E-state index contributed by atoms with van der Waals surface area (Å²) in [6.45, 7) is 22.8. The SMILES string of the molecule is C=CC#N.C=CC#N.C=CC#N.C=CC=C.C=CC=C.